The Morgan fingerprint density at radius 2 is 1.95 bits per heavy atom. The molecule has 0 radical (unpaired) electrons. The fraction of sp³-hybridized carbons (Fsp3) is 0. The Labute approximate surface area is 114 Å². The van der Waals surface area contributed by atoms with Gasteiger partial charge in [0.15, 0.2) is 5.82 Å². The SMILES string of the molecule is O=C(O)C=Cc1ccc(S(=O)(=O)Nc2ccon2)cc1. The molecule has 0 bridgehead atoms. The smallest absolute Gasteiger partial charge is 0.328 e. The van der Waals surface area contributed by atoms with Gasteiger partial charge < -0.3 is 9.63 Å². The van der Waals surface area contributed by atoms with Crippen LogP contribution in [0.25, 0.3) is 6.08 Å². The van der Waals surface area contributed by atoms with Gasteiger partial charge in [-0.05, 0) is 23.8 Å². The molecule has 0 saturated carbocycles. The van der Waals surface area contributed by atoms with Crippen molar-refractivity contribution in [2.24, 2.45) is 0 Å². The number of rotatable bonds is 5. The highest BCUT2D eigenvalue weighted by Gasteiger charge is 2.15. The van der Waals surface area contributed by atoms with Gasteiger partial charge in [0.1, 0.15) is 6.26 Å². The quantitative estimate of drug-likeness (QED) is 0.810. The molecule has 1 heterocycles. The first-order chi connectivity index (χ1) is 9.47. The number of benzene rings is 1. The highest BCUT2D eigenvalue weighted by Crippen LogP contribution is 2.15. The first-order valence-corrected chi connectivity index (χ1v) is 6.90. The van der Waals surface area contributed by atoms with E-state index in [0.29, 0.717) is 5.56 Å². The van der Waals surface area contributed by atoms with Gasteiger partial charge in [-0.1, -0.05) is 17.3 Å². The number of carbonyl (C=O) groups is 1. The zero-order valence-corrected chi connectivity index (χ0v) is 10.9. The standard InChI is InChI=1S/C12H10N2O5S/c15-12(16)6-3-9-1-4-10(5-2-9)20(17,18)14-11-7-8-19-13-11/h1-8H,(H,13,14)(H,15,16). The third-order valence-electron chi connectivity index (χ3n) is 2.29. The van der Waals surface area contributed by atoms with Gasteiger partial charge in [0, 0.05) is 12.1 Å². The van der Waals surface area contributed by atoms with Crippen LogP contribution in [0.1, 0.15) is 5.56 Å². The van der Waals surface area contributed by atoms with E-state index in [2.05, 4.69) is 14.4 Å². The van der Waals surface area contributed by atoms with E-state index in [1.54, 1.807) is 0 Å². The Morgan fingerprint density at radius 1 is 1.25 bits per heavy atom. The van der Waals surface area contributed by atoms with Gasteiger partial charge in [-0.3, -0.25) is 4.72 Å². The van der Waals surface area contributed by atoms with Crippen LogP contribution in [-0.4, -0.2) is 24.7 Å². The monoisotopic (exact) mass is 294 g/mol. The summed E-state index contributed by atoms with van der Waals surface area (Å²) in [6.07, 6.45) is 3.58. The molecule has 0 aliphatic heterocycles. The number of nitrogens with zero attached hydrogens (tertiary/aromatic N) is 1. The Morgan fingerprint density at radius 3 is 2.50 bits per heavy atom. The van der Waals surface area contributed by atoms with Gasteiger partial charge >= 0.3 is 5.97 Å². The predicted molar refractivity (Wildman–Crippen MR) is 70.4 cm³/mol. The summed E-state index contributed by atoms with van der Waals surface area (Å²) in [5.41, 5.74) is 0.577. The molecule has 0 amide bonds. The molecular weight excluding hydrogens is 284 g/mol. The van der Waals surface area contributed by atoms with Crippen LogP contribution in [0.15, 0.2) is 52.1 Å². The molecule has 0 aliphatic carbocycles. The summed E-state index contributed by atoms with van der Waals surface area (Å²) in [6.45, 7) is 0. The van der Waals surface area contributed by atoms with Crippen molar-refractivity contribution < 1.29 is 22.8 Å². The summed E-state index contributed by atoms with van der Waals surface area (Å²) in [4.78, 5) is 10.4. The molecule has 8 heteroatoms. The first-order valence-electron chi connectivity index (χ1n) is 5.42. The van der Waals surface area contributed by atoms with Crippen LogP contribution < -0.4 is 4.72 Å². The van der Waals surface area contributed by atoms with Crippen LogP contribution >= 0.6 is 0 Å². The lowest BCUT2D eigenvalue weighted by atomic mass is 10.2. The van der Waals surface area contributed by atoms with E-state index in [0.717, 1.165) is 6.08 Å². The zero-order chi connectivity index (χ0) is 14.6. The summed E-state index contributed by atoms with van der Waals surface area (Å²) in [5.74, 6) is -0.991. The topological polar surface area (TPSA) is 110 Å². The summed E-state index contributed by atoms with van der Waals surface area (Å²) >= 11 is 0. The van der Waals surface area contributed by atoms with E-state index >= 15 is 0 Å². The number of nitrogens with one attached hydrogen (secondary N) is 1. The lowest BCUT2D eigenvalue weighted by molar-refractivity contribution is -0.131. The second-order valence-electron chi connectivity index (χ2n) is 3.73. The molecule has 1 aromatic heterocycles. The second-order valence-corrected chi connectivity index (χ2v) is 5.41. The molecule has 104 valence electrons. The van der Waals surface area contributed by atoms with Crippen LogP contribution in [0.5, 0.6) is 0 Å². The van der Waals surface area contributed by atoms with Crippen molar-refractivity contribution in [3.8, 4) is 0 Å². The van der Waals surface area contributed by atoms with Crippen molar-refractivity contribution in [2.45, 2.75) is 4.90 Å². The molecule has 0 unspecified atom stereocenters. The maximum absolute atomic E-state index is 12.0. The molecule has 0 saturated heterocycles. The minimum Gasteiger partial charge on any atom is -0.478 e. The van der Waals surface area contributed by atoms with E-state index in [4.69, 9.17) is 5.11 Å². The maximum atomic E-state index is 12.0. The van der Waals surface area contributed by atoms with Gasteiger partial charge in [0.2, 0.25) is 0 Å². The summed E-state index contributed by atoms with van der Waals surface area (Å²) in [6, 6.07) is 7.10. The normalized spacial score (nSPS) is 11.6. The maximum Gasteiger partial charge on any atom is 0.328 e. The van der Waals surface area contributed by atoms with Crippen LogP contribution in [0, 0.1) is 0 Å². The fourth-order valence-corrected chi connectivity index (χ4v) is 2.38. The van der Waals surface area contributed by atoms with Gasteiger partial charge in [0.05, 0.1) is 4.90 Å². The number of anilines is 1. The minimum absolute atomic E-state index is 0.0352. The molecule has 2 aromatic rings. The Hall–Kier alpha value is -2.61. The molecule has 0 atom stereocenters. The fourth-order valence-electron chi connectivity index (χ4n) is 1.39. The summed E-state index contributed by atoms with van der Waals surface area (Å²) in [7, 11) is -3.74. The lowest BCUT2D eigenvalue weighted by Gasteiger charge is -2.04. The molecule has 1 aromatic carbocycles. The van der Waals surface area contributed by atoms with Crippen LogP contribution in [0.2, 0.25) is 0 Å². The van der Waals surface area contributed by atoms with E-state index in [-0.39, 0.29) is 10.7 Å². The Kier molecular flexibility index (Phi) is 3.85. The molecule has 20 heavy (non-hydrogen) atoms. The molecule has 2 rings (SSSR count). The van der Waals surface area contributed by atoms with Crippen LogP contribution in [0.3, 0.4) is 0 Å². The number of carboxylic acid groups (broad SMARTS) is 1. The number of carboxylic acids is 1. The van der Waals surface area contributed by atoms with E-state index in [9.17, 15) is 13.2 Å². The second kappa shape index (κ2) is 5.57. The first kappa shape index (κ1) is 13.8. The minimum atomic E-state index is -3.74. The third-order valence-corrected chi connectivity index (χ3v) is 3.66. The Balaban J connectivity index is 2.19. The highest BCUT2D eigenvalue weighted by molar-refractivity contribution is 7.92. The van der Waals surface area contributed by atoms with Crippen molar-refractivity contribution in [3.05, 3.63) is 48.2 Å². The van der Waals surface area contributed by atoms with Crippen LogP contribution in [0.4, 0.5) is 5.82 Å². The molecule has 0 spiro atoms. The van der Waals surface area contributed by atoms with Gasteiger partial charge in [-0.25, -0.2) is 13.2 Å². The average Bonchev–Trinajstić information content (AvgIpc) is 2.89. The van der Waals surface area contributed by atoms with Gasteiger partial charge in [-0.15, -0.1) is 0 Å². The van der Waals surface area contributed by atoms with Crippen molar-refractivity contribution in [1.82, 2.24) is 5.16 Å². The molecule has 2 N–H and O–H groups in total. The molecule has 7 nitrogen and oxygen atoms in total. The molecular formula is C12H10N2O5S. The number of aromatic nitrogens is 1. The van der Waals surface area contributed by atoms with E-state index in [1.165, 1.54) is 42.7 Å². The van der Waals surface area contributed by atoms with E-state index in [1.807, 2.05) is 0 Å². The molecule has 0 fully saturated rings. The highest BCUT2D eigenvalue weighted by atomic mass is 32.2. The number of sulfonamides is 1. The Bertz CT molecular complexity index is 718. The summed E-state index contributed by atoms with van der Waals surface area (Å²) < 4.78 is 30.7. The largest absolute Gasteiger partial charge is 0.478 e. The number of aliphatic carboxylic acids is 1. The van der Waals surface area contributed by atoms with Crippen molar-refractivity contribution in [2.75, 3.05) is 4.72 Å². The van der Waals surface area contributed by atoms with Crippen molar-refractivity contribution in [1.29, 1.82) is 0 Å². The van der Waals surface area contributed by atoms with Crippen molar-refractivity contribution in [3.63, 3.8) is 0 Å². The average molecular weight is 294 g/mol. The van der Waals surface area contributed by atoms with E-state index < -0.39 is 16.0 Å². The lowest BCUT2D eigenvalue weighted by Crippen LogP contribution is -2.12. The third kappa shape index (κ3) is 3.45. The van der Waals surface area contributed by atoms with Gasteiger partial charge in [0.25, 0.3) is 10.0 Å². The molecule has 0 aliphatic rings. The number of hydrogen-bond donors (Lipinski definition) is 2. The summed E-state index contributed by atoms with van der Waals surface area (Å²) in [5, 5.41) is 11.9. The van der Waals surface area contributed by atoms with Gasteiger partial charge in [-0.2, -0.15) is 0 Å². The predicted octanol–water partition coefficient (Wildman–Crippen LogP) is 1.57. The van der Waals surface area contributed by atoms with Crippen LogP contribution in [-0.2, 0) is 14.8 Å². The zero-order valence-electron chi connectivity index (χ0n) is 10.1. The number of hydrogen-bond acceptors (Lipinski definition) is 5. The van der Waals surface area contributed by atoms with Crippen molar-refractivity contribution >= 4 is 27.9 Å².